The second kappa shape index (κ2) is 8.80. The molecule has 4 aromatic rings. The lowest BCUT2D eigenvalue weighted by Gasteiger charge is -2.14. The maximum Gasteiger partial charge on any atom is 0.264 e. The summed E-state index contributed by atoms with van der Waals surface area (Å²) < 4.78 is 6.79. The molecule has 2 heterocycles. The zero-order valence-electron chi connectivity index (χ0n) is 17.8. The fraction of sp³-hybridized carbons (Fsp3) is 0.167. The van der Waals surface area contributed by atoms with Crippen LogP contribution in [0.5, 0.6) is 0 Å². The summed E-state index contributed by atoms with van der Waals surface area (Å²) in [5.74, 6) is 0.165. The molecule has 162 valence electrons. The highest BCUT2D eigenvalue weighted by Gasteiger charge is 2.20. The Morgan fingerprint density at radius 1 is 1.09 bits per heavy atom. The Kier molecular flexibility index (Phi) is 5.92. The number of nitrogens with one attached hydrogen (secondary N) is 1. The molecule has 0 fully saturated rings. The molecule has 0 spiro atoms. The number of hydrogen-bond acceptors (Lipinski definition) is 5. The highest BCUT2D eigenvalue weighted by molar-refractivity contribution is 6.31. The standard InChI is InChI=1S/C24H21ClN4O3/c1-14-12-15(2)29(13-20(30)26-19-11-7-10-18(25)16(19)3)24(31)21(14)23-27-22(28-32-23)17-8-5-4-6-9-17/h4-12H,13H2,1-3H3,(H,26,30). The van der Waals surface area contributed by atoms with Crippen molar-refractivity contribution in [3.8, 4) is 22.8 Å². The van der Waals surface area contributed by atoms with E-state index in [1.807, 2.05) is 43.3 Å². The molecule has 32 heavy (non-hydrogen) atoms. The Morgan fingerprint density at radius 3 is 2.59 bits per heavy atom. The summed E-state index contributed by atoms with van der Waals surface area (Å²) in [4.78, 5) is 30.4. The van der Waals surface area contributed by atoms with E-state index in [0.717, 1.165) is 11.1 Å². The minimum Gasteiger partial charge on any atom is -0.333 e. The van der Waals surface area contributed by atoms with Gasteiger partial charge in [0.2, 0.25) is 11.7 Å². The van der Waals surface area contributed by atoms with E-state index < -0.39 is 0 Å². The van der Waals surface area contributed by atoms with Gasteiger partial charge in [-0.3, -0.25) is 9.59 Å². The largest absolute Gasteiger partial charge is 0.333 e. The topological polar surface area (TPSA) is 90.0 Å². The Hall–Kier alpha value is -3.71. The summed E-state index contributed by atoms with van der Waals surface area (Å²) in [6, 6.07) is 16.4. The first kappa shape index (κ1) is 21.5. The monoisotopic (exact) mass is 448 g/mol. The number of aromatic nitrogens is 3. The highest BCUT2D eigenvalue weighted by Crippen LogP contribution is 2.24. The number of carbonyl (C=O) groups is 1. The number of benzene rings is 2. The molecule has 7 nitrogen and oxygen atoms in total. The molecule has 8 heteroatoms. The molecule has 0 atom stereocenters. The summed E-state index contributed by atoms with van der Waals surface area (Å²) >= 11 is 6.13. The molecule has 2 aromatic carbocycles. The molecule has 1 amide bonds. The third-order valence-corrected chi connectivity index (χ3v) is 5.63. The molecule has 1 N–H and O–H groups in total. The van der Waals surface area contributed by atoms with Crippen LogP contribution >= 0.6 is 11.6 Å². The lowest BCUT2D eigenvalue weighted by molar-refractivity contribution is -0.116. The molecule has 0 bridgehead atoms. The second-order valence-corrected chi connectivity index (χ2v) is 7.89. The minimum atomic E-state index is -0.372. The van der Waals surface area contributed by atoms with Gasteiger partial charge in [0.1, 0.15) is 12.1 Å². The van der Waals surface area contributed by atoms with Gasteiger partial charge in [0.15, 0.2) is 0 Å². The smallest absolute Gasteiger partial charge is 0.264 e. The summed E-state index contributed by atoms with van der Waals surface area (Å²) in [6.45, 7) is 5.23. The van der Waals surface area contributed by atoms with Gasteiger partial charge in [0.25, 0.3) is 11.4 Å². The van der Waals surface area contributed by atoms with E-state index in [1.165, 1.54) is 4.57 Å². The van der Waals surface area contributed by atoms with Crippen molar-refractivity contribution in [3.05, 3.63) is 86.8 Å². The Balaban J connectivity index is 1.66. The van der Waals surface area contributed by atoms with E-state index in [0.29, 0.717) is 27.8 Å². The second-order valence-electron chi connectivity index (χ2n) is 7.48. The first-order valence-corrected chi connectivity index (χ1v) is 10.4. The number of hydrogen-bond donors (Lipinski definition) is 1. The Labute approximate surface area is 189 Å². The van der Waals surface area contributed by atoms with Crippen molar-refractivity contribution >= 4 is 23.2 Å². The van der Waals surface area contributed by atoms with Crippen molar-refractivity contribution in [2.24, 2.45) is 0 Å². The van der Waals surface area contributed by atoms with Gasteiger partial charge >= 0.3 is 0 Å². The summed E-state index contributed by atoms with van der Waals surface area (Å²) in [7, 11) is 0. The van der Waals surface area contributed by atoms with Crippen molar-refractivity contribution < 1.29 is 9.32 Å². The fourth-order valence-corrected chi connectivity index (χ4v) is 3.66. The summed E-state index contributed by atoms with van der Waals surface area (Å²) in [6.07, 6.45) is 0. The van der Waals surface area contributed by atoms with Crippen molar-refractivity contribution in [3.63, 3.8) is 0 Å². The lowest BCUT2D eigenvalue weighted by Crippen LogP contribution is -2.30. The van der Waals surface area contributed by atoms with Gasteiger partial charge < -0.3 is 14.4 Å². The van der Waals surface area contributed by atoms with E-state index in [1.54, 1.807) is 32.0 Å². The van der Waals surface area contributed by atoms with Gasteiger partial charge in [-0.15, -0.1) is 0 Å². The number of pyridine rings is 1. The van der Waals surface area contributed by atoms with Gasteiger partial charge in [0, 0.05) is 22.0 Å². The van der Waals surface area contributed by atoms with Gasteiger partial charge in [-0.25, -0.2) is 0 Å². The third-order valence-electron chi connectivity index (χ3n) is 5.22. The van der Waals surface area contributed by atoms with Crippen LogP contribution in [0.15, 0.2) is 63.9 Å². The van der Waals surface area contributed by atoms with Crippen LogP contribution in [0.25, 0.3) is 22.8 Å². The normalized spacial score (nSPS) is 10.9. The number of halogens is 1. The van der Waals surface area contributed by atoms with Crippen LogP contribution < -0.4 is 10.9 Å². The molecule has 2 aromatic heterocycles. The van der Waals surface area contributed by atoms with E-state index in [2.05, 4.69) is 15.5 Å². The summed E-state index contributed by atoms with van der Waals surface area (Å²) in [5.41, 5.74) is 3.39. The zero-order valence-corrected chi connectivity index (χ0v) is 18.6. The fourth-order valence-electron chi connectivity index (χ4n) is 3.49. The minimum absolute atomic E-state index is 0.117. The first-order chi connectivity index (χ1) is 15.3. The molecule has 0 aliphatic rings. The predicted octanol–water partition coefficient (Wildman–Crippen LogP) is 4.78. The number of nitrogens with zero attached hydrogens (tertiary/aromatic N) is 3. The Bertz CT molecular complexity index is 1360. The van der Waals surface area contributed by atoms with Crippen LogP contribution in [-0.2, 0) is 11.3 Å². The van der Waals surface area contributed by atoms with Gasteiger partial charge in [-0.1, -0.05) is 53.2 Å². The van der Waals surface area contributed by atoms with Crippen LogP contribution in [0.4, 0.5) is 5.69 Å². The number of rotatable bonds is 5. The van der Waals surface area contributed by atoms with Gasteiger partial charge in [0.05, 0.1) is 0 Å². The van der Waals surface area contributed by atoms with Crippen LogP contribution in [0.1, 0.15) is 16.8 Å². The van der Waals surface area contributed by atoms with Crippen molar-refractivity contribution in [1.29, 1.82) is 0 Å². The zero-order chi connectivity index (χ0) is 22.8. The maximum atomic E-state index is 13.3. The molecular weight excluding hydrogens is 428 g/mol. The van der Waals surface area contributed by atoms with E-state index >= 15 is 0 Å². The van der Waals surface area contributed by atoms with Crippen molar-refractivity contribution in [1.82, 2.24) is 14.7 Å². The molecule has 0 saturated carbocycles. The molecule has 0 saturated heterocycles. The van der Waals surface area contributed by atoms with E-state index in [9.17, 15) is 9.59 Å². The van der Waals surface area contributed by atoms with Crippen LogP contribution in [0, 0.1) is 20.8 Å². The average Bonchev–Trinajstić information content (AvgIpc) is 3.25. The van der Waals surface area contributed by atoms with Crippen LogP contribution in [-0.4, -0.2) is 20.6 Å². The summed E-state index contributed by atoms with van der Waals surface area (Å²) in [5, 5.41) is 7.38. The molecule has 0 radical (unpaired) electrons. The number of anilines is 1. The van der Waals surface area contributed by atoms with Gasteiger partial charge in [-0.2, -0.15) is 4.98 Å². The van der Waals surface area contributed by atoms with Crippen LogP contribution in [0.3, 0.4) is 0 Å². The maximum absolute atomic E-state index is 13.3. The van der Waals surface area contributed by atoms with E-state index in [-0.39, 0.29) is 29.5 Å². The molecular formula is C24H21ClN4O3. The van der Waals surface area contributed by atoms with Crippen molar-refractivity contribution in [2.75, 3.05) is 5.32 Å². The number of amides is 1. The van der Waals surface area contributed by atoms with Gasteiger partial charge in [-0.05, 0) is 50.1 Å². The lowest BCUT2D eigenvalue weighted by atomic mass is 10.1. The predicted molar refractivity (Wildman–Crippen MR) is 124 cm³/mol. The molecule has 0 unspecified atom stereocenters. The highest BCUT2D eigenvalue weighted by atomic mass is 35.5. The first-order valence-electron chi connectivity index (χ1n) is 10.0. The molecule has 4 rings (SSSR count). The third kappa shape index (κ3) is 4.20. The average molecular weight is 449 g/mol. The van der Waals surface area contributed by atoms with Crippen molar-refractivity contribution in [2.45, 2.75) is 27.3 Å². The molecule has 0 aliphatic heterocycles. The van der Waals surface area contributed by atoms with Crippen LogP contribution in [0.2, 0.25) is 5.02 Å². The van der Waals surface area contributed by atoms with E-state index in [4.69, 9.17) is 16.1 Å². The Morgan fingerprint density at radius 2 is 1.84 bits per heavy atom. The SMILES string of the molecule is Cc1cc(C)n(CC(=O)Nc2cccc(Cl)c2C)c(=O)c1-c1nc(-c2ccccc2)no1. The molecule has 0 aliphatic carbocycles. The quantitative estimate of drug-likeness (QED) is 0.474. The number of aryl methyl sites for hydroxylation is 2. The number of carbonyl (C=O) groups excluding carboxylic acids is 1.